The summed E-state index contributed by atoms with van der Waals surface area (Å²) in [7, 11) is 0. The van der Waals surface area contributed by atoms with Gasteiger partial charge in [-0.1, -0.05) is 48.5 Å². The summed E-state index contributed by atoms with van der Waals surface area (Å²) in [6, 6.07) is 16.2. The Morgan fingerprint density at radius 3 is 2.19 bits per heavy atom. The molecule has 0 saturated carbocycles. The van der Waals surface area contributed by atoms with Gasteiger partial charge >= 0.3 is 0 Å². The van der Waals surface area contributed by atoms with Crippen LogP contribution in [0.5, 0.6) is 0 Å². The van der Waals surface area contributed by atoms with E-state index in [0.717, 1.165) is 27.8 Å². The van der Waals surface area contributed by atoms with E-state index in [1.54, 1.807) is 6.08 Å². The average Bonchev–Trinajstić information content (AvgIpc) is 2.77. The summed E-state index contributed by atoms with van der Waals surface area (Å²) >= 11 is 0. The van der Waals surface area contributed by atoms with E-state index in [4.69, 9.17) is 0 Å². The molecule has 0 aliphatic heterocycles. The molecule has 0 heterocycles. The molecule has 1 nitrogen and oxygen atoms in total. The Labute approximate surface area is 125 Å². The molecule has 1 aliphatic carbocycles. The average molecular weight is 274 g/mol. The van der Waals surface area contributed by atoms with Crippen molar-refractivity contribution in [1.82, 2.24) is 0 Å². The van der Waals surface area contributed by atoms with Gasteiger partial charge in [-0.05, 0) is 60.2 Å². The Morgan fingerprint density at radius 2 is 1.48 bits per heavy atom. The summed E-state index contributed by atoms with van der Waals surface area (Å²) in [6.07, 6.45) is 1.75. The van der Waals surface area contributed by atoms with Crippen molar-refractivity contribution in [2.45, 2.75) is 20.8 Å². The molecule has 0 bridgehead atoms. The third kappa shape index (κ3) is 2.25. The van der Waals surface area contributed by atoms with Gasteiger partial charge in [-0.25, -0.2) is 0 Å². The number of benzene rings is 2. The smallest absolute Gasteiger partial charge is 0.187 e. The van der Waals surface area contributed by atoms with Gasteiger partial charge in [-0.15, -0.1) is 0 Å². The second-order valence-corrected chi connectivity index (χ2v) is 5.56. The highest BCUT2D eigenvalue weighted by molar-refractivity contribution is 6.38. The van der Waals surface area contributed by atoms with E-state index in [2.05, 4.69) is 32.0 Å². The zero-order chi connectivity index (χ0) is 15.0. The summed E-state index contributed by atoms with van der Waals surface area (Å²) in [5.41, 5.74) is 7.59. The molecule has 104 valence electrons. The first-order valence-electron chi connectivity index (χ1n) is 7.19. The fourth-order valence-corrected chi connectivity index (χ4v) is 2.92. The highest BCUT2D eigenvalue weighted by Crippen LogP contribution is 2.39. The topological polar surface area (TPSA) is 17.1 Å². The normalized spacial score (nSPS) is 14.6. The molecule has 2 aromatic carbocycles. The molecule has 0 fully saturated rings. The third-order valence-electron chi connectivity index (χ3n) is 4.17. The summed E-state index contributed by atoms with van der Waals surface area (Å²) in [6.45, 7) is 6.25. The van der Waals surface area contributed by atoms with Crippen LogP contribution < -0.4 is 0 Å². The van der Waals surface area contributed by atoms with Crippen molar-refractivity contribution in [3.8, 4) is 0 Å². The number of ketones is 1. The number of rotatable bonds is 2. The first-order valence-corrected chi connectivity index (χ1v) is 7.19. The molecular weight excluding hydrogens is 256 g/mol. The second-order valence-electron chi connectivity index (χ2n) is 5.56. The van der Waals surface area contributed by atoms with E-state index >= 15 is 0 Å². The molecule has 2 aromatic rings. The predicted octanol–water partition coefficient (Wildman–Crippen LogP) is 4.74. The minimum absolute atomic E-state index is 0.106. The Kier molecular flexibility index (Phi) is 3.34. The van der Waals surface area contributed by atoms with E-state index < -0.39 is 0 Å². The quantitative estimate of drug-likeness (QED) is 0.772. The number of hydrogen-bond donors (Lipinski definition) is 0. The van der Waals surface area contributed by atoms with E-state index in [-0.39, 0.29) is 5.78 Å². The van der Waals surface area contributed by atoms with Crippen LogP contribution in [0.3, 0.4) is 0 Å². The monoisotopic (exact) mass is 274 g/mol. The van der Waals surface area contributed by atoms with Gasteiger partial charge in [0.25, 0.3) is 0 Å². The fourth-order valence-electron chi connectivity index (χ4n) is 2.92. The van der Waals surface area contributed by atoms with Gasteiger partial charge in [0.2, 0.25) is 0 Å². The standard InChI is InChI=1S/C20H18O/c1-13-8-7-11-17(15(13)3)19-14(2)12-18(21)20(19)16-9-5-4-6-10-16/h4-12H,1-3H3. The van der Waals surface area contributed by atoms with Gasteiger partial charge < -0.3 is 0 Å². The minimum Gasteiger partial charge on any atom is -0.289 e. The Morgan fingerprint density at radius 1 is 0.762 bits per heavy atom. The number of allylic oxidation sites excluding steroid dienone is 4. The molecule has 0 atom stereocenters. The van der Waals surface area contributed by atoms with E-state index in [0.29, 0.717) is 0 Å². The van der Waals surface area contributed by atoms with Crippen LogP contribution in [0.15, 0.2) is 60.2 Å². The molecule has 0 aromatic heterocycles. The second kappa shape index (κ2) is 5.17. The number of aryl methyl sites for hydroxylation is 1. The number of carbonyl (C=O) groups is 1. The Hall–Kier alpha value is -2.41. The van der Waals surface area contributed by atoms with Crippen LogP contribution in [0.1, 0.15) is 29.2 Å². The van der Waals surface area contributed by atoms with Crippen LogP contribution in [0.4, 0.5) is 0 Å². The molecule has 0 radical (unpaired) electrons. The molecule has 1 aliphatic rings. The Balaban J connectivity index is 2.30. The van der Waals surface area contributed by atoms with Crippen molar-refractivity contribution in [3.63, 3.8) is 0 Å². The van der Waals surface area contributed by atoms with Gasteiger partial charge in [0, 0.05) is 5.57 Å². The van der Waals surface area contributed by atoms with Crippen molar-refractivity contribution < 1.29 is 4.79 Å². The lowest BCUT2D eigenvalue weighted by atomic mass is 9.89. The van der Waals surface area contributed by atoms with Gasteiger partial charge in [-0.2, -0.15) is 0 Å². The molecule has 0 unspecified atom stereocenters. The zero-order valence-corrected chi connectivity index (χ0v) is 12.6. The van der Waals surface area contributed by atoms with Gasteiger partial charge in [0.1, 0.15) is 0 Å². The third-order valence-corrected chi connectivity index (χ3v) is 4.17. The molecular formula is C20H18O. The van der Waals surface area contributed by atoms with Gasteiger partial charge in [-0.3, -0.25) is 4.79 Å². The van der Waals surface area contributed by atoms with Crippen LogP contribution >= 0.6 is 0 Å². The van der Waals surface area contributed by atoms with Crippen LogP contribution in [0, 0.1) is 13.8 Å². The first kappa shape index (κ1) is 13.6. The van der Waals surface area contributed by atoms with E-state index in [1.165, 1.54) is 11.1 Å². The van der Waals surface area contributed by atoms with Crippen LogP contribution in [0.2, 0.25) is 0 Å². The molecule has 0 amide bonds. The van der Waals surface area contributed by atoms with E-state index in [1.807, 2.05) is 37.3 Å². The Bertz CT molecular complexity index is 777. The summed E-state index contributed by atoms with van der Waals surface area (Å²) in [5.74, 6) is 0.106. The van der Waals surface area contributed by atoms with Gasteiger partial charge in [0.15, 0.2) is 5.78 Å². The van der Waals surface area contributed by atoms with Crippen molar-refractivity contribution in [1.29, 1.82) is 0 Å². The molecule has 0 N–H and O–H groups in total. The maximum Gasteiger partial charge on any atom is 0.187 e. The highest BCUT2D eigenvalue weighted by Gasteiger charge is 2.25. The zero-order valence-electron chi connectivity index (χ0n) is 12.6. The maximum atomic E-state index is 12.4. The van der Waals surface area contributed by atoms with Crippen molar-refractivity contribution in [2.75, 3.05) is 0 Å². The minimum atomic E-state index is 0.106. The van der Waals surface area contributed by atoms with Crippen molar-refractivity contribution in [2.24, 2.45) is 0 Å². The van der Waals surface area contributed by atoms with Gasteiger partial charge in [0.05, 0.1) is 0 Å². The SMILES string of the molecule is CC1=CC(=O)C(c2ccccc2)=C1c1cccc(C)c1C. The molecule has 3 rings (SSSR count). The predicted molar refractivity (Wildman–Crippen MR) is 87.9 cm³/mol. The lowest BCUT2D eigenvalue weighted by Crippen LogP contribution is -1.98. The summed E-state index contributed by atoms with van der Waals surface area (Å²) in [4.78, 5) is 12.4. The number of carbonyl (C=O) groups excluding carboxylic acids is 1. The largest absolute Gasteiger partial charge is 0.289 e. The van der Waals surface area contributed by atoms with Crippen LogP contribution in [-0.4, -0.2) is 5.78 Å². The lowest BCUT2D eigenvalue weighted by molar-refractivity contribution is -0.109. The van der Waals surface area contributed by atoms with Crippen molar-refractivity contribution >= 4 is 16.9 Å². The van der Waals surface area contributed by atoms with Crippen LogP contribution in [0.25, 0.3) is 11.1 Å². The number of hydrogen-bond acceptors (Lipinski definition) is 1. The molecule has 21 heavy (non-hydrogen) atoms. The summed E-state index contributed by atoms with van der Waals surface area (Å²) < 4.78 is 0. The molecule has 0 spiro atoms. The maximum absolute atomic E-state index is 12.4. The van der Waals surface area contributed by atoms with E-state index in [9.17, 15) is 4.79 Å². The lowest BCUT2D eigenvalue weighted by Gasteiger charge is -2.14. The highest BCUT2D eigenvalue weighted by atomic mass is 16.1. The summed E-state index contributed by atoms with van der Waals surface area (Å²) in [5, 5.41) is 0. The first-order chi connectivity index (χ1) is 10.1. The fraction of sp³-hybridized carbons (Fsp3) is 0.150. The molecule has 0 saturated heterocycles. The van der Waals surface area contributed by atoms with Crippen molar-refractivity contribution in [3.05, 3.63) is 82.4 Å². The molecule has 1 heteroatoms. The van der Waals surface area contributed by atoms with Crippen LogP contribution in [-0.2, 0) is 4.79 Å².